The zero-order valence-corrected chi connectivity index (χ0v) is 14.3. The van der Waals surface area contributed by atoms with Gasteiger partial charge in [-0.15, -0.1) is 0 Å². The van der Waals surface area contributed by atoms with Crippen LogP contribution in [0.2, 0.25) is 0 Å². The normalized spacial score (nSPS) is 17.1. The lowest BCUT2D eigenvalue weighted by Gasteiger charge is -2.10. The molecule has 0 amide bonds. The van der Waals surface area contributed by atoms with E-state index in [1.807, 2.05) is 0 Å². The van der Waals surface area contributed by atoms with Gasteiger partial charge in [0.25, 0.3) is 0 Å². The van der Waals surface area contributed by atoms with Crippen molar-refractivity contribution in [1.82, 2.24) is 4.98 Å². The number of allylic oxidation sites excluding steroid dienone is 8. The van der Waals surface area contributed by atoms with Crippen molar-refractivity contribution in [3.63, 3.8) is 0 Å². The van der Waals surface area contributed by atoms with Crippen molar-refractivity contribution in [3.8, 4) is 0 Å². The van der Waals surface area contributed by atoms with Gasteiger partial charge < -0.3 is 4.98 Å². The lowest BCUT2D eigenvalue weighted by atomic mass is 9.95. The number of benzene rings is 2. The maximum atomic E-state index is 3.67. The molecule has 0 atom stereocenters. The van der Waals surface area contributed by atoms with Crippen LogP contribution >= 0.6 is 0 Å². The summed E-state index contributed by atoms with van der Waals surface area (Å²) in [6, 6.07) is 13.5. The zero-order valence-electron chi connectivity index (χ0n) is 14.3. The van der Waals surface area contributed by atoms with Crippen LogP contribution in [0.25, 0.3) is 33.0 Å². The largest absolute Gasteiger partial charge is 0.354 e. The van der Waals surface area contributed by atoms with Crippen molar-refractivity contribution in [2.75, 3.05) is 0 Å². The molecule has 122 valence electrons. The van der Waals surface area contributed by atoms with E-state index >= 15 is 0 Å². The number of H-pyrrole nitrogens is 1. The first-order valence-electron chi connectivity index (χ1n) is 9.18. The summed E-state index contributed by atoms with van der Waals surface area (Å²) in [5, 5.41) is 2.64. The molecule has 0 unspecified atom stereocenters. The first-order valence-corrected chi connectivity index (χ1v) is 9.18. The van der Waals surface area contributed by atoms with Crippen LogP contribution in [0.5, 0.6) is 0 Å². The van der Waals surface area contributed by atoms with Crippen LogP contribution in [-0.4, -0.2) is 4.98 Å². The van der Waals surface area contributed by atoms with E-state index in [0.717, 1.165) is 25.7 Å². The van der Waals surface area contributed by atoms with Crippen molar-refractivity contribution >= 4 is 33.0 Å². The molecule has 1 heterocycles. The summed E-state index contributed by atoms with van der Waals surface area (Å²) in [6.07, 6.45) is 18.1. The molecule has 0 spiro atoms. The summed E-state index contributed by atoms with van der Waals surface area (Å²) >= 11 is 0. The standard InChI is InChI=1S/C24H21N/c1-3-8-17(9-4-1)19-14-15-23-22(16-19)21-13-7-12-20(24(21)25-23)18-10-5-2-6-11-18/h2-3,5,7-10,12-16,25H,1,4,6,11H2. The van der Waals surface area contributed by atoms with Crippen LogP contribution in [0.1, 0.15) is 36.8 Å². The molecule has 1 aromatic heterocycles. The number of fused-ring (bicyclic) bond motifs is 3. The predicted octanol–water partition coefficient (Wildman–Crippen LogP) is 6.79. The third kappa shape index (κ3) is 2.47. The summed E-state index contributed by atoms with van der Waals surface area (Å²) in [6.45, 7) is 0. The van der Waals surface area contributed by atoms with Crippen molar-refractivity contribution in [2.45, 2.75) is 25.7 Å². The smallest absolute Gasteiger partial charge is 0.0541 e. The second kappa shape index (κ2) is 5.93. The topological polar surface area (TPSA) is 15.8 Å². The van der Waals surface area contributed by atoms with Gasteiger partial charge in [0, 0.05) is 21.9 Å². The number of aromatic amines is 1. The van der Waals surface area contributed by atoms with Gasteiger partial charge in [-0.05, 0) is 54.5 Å². The minimum Gasteiger partial charge on any atom is -0.354 e. The van der Waals surface area contributed by atoms with Crippen molar-refractivity contribution in [2.24, 2.45) is 0 Å². The Morgan fingerprint density at radius 1 is 0.880 bits per heavy atom. The third-order valence-electron chi connectivity index (χ3n) is 5.32. The van der Waals surface area contributed by atoms with E-state index in [0.29, 0.717) is 0 Å². The Kier molecular flexibility index (Phi) is 3.45. The van der Waals surface area contributed by atoms with Crippen LogP contribution in [0.15, 0.2) is 72.9 Å². The summed E-state index contributed by atoms with van der Waals surface area (Å²) in [5.41, 5.74) is 7.92. The number of rotatable bonds is 2. The van der Waals surface area contributed by atoms with Gasteiger partial charge in [-0.2, -0.15) is 0 Å². The van der Waals surface area contributed by atoms with E-state index in [-0.39, 0.29) is 0 Å². The summed E-state index contributed by atoms with van der Waals surface area (Å²) in [7, 11) is 0. The van der Waals surface area contributed by atoms with E-state index in [2.05, 4.69) is 77.8 Å². The summed E-state index contributed by atoms with van der Waals surface area (Å²) < 4.78 is 0. The van der Waals surface area contributed by atoms with Gasteiger partial charge in [0.15, 0.2) is 0 Å². The van der Waals surface area contributed by atoms with Gasteiger partial charge in [0.05, 0.1) is 5.52 Å². The molecule has 0 saturated carbocycles. The van der Waals surface area contributed by atoms with Crippen LogP contribution in [0.3, 0.4) is 0 Å². The van der Waals surface area contributed by atoms with Gasteiger partial charge in [-0.3, -0.25) is 0 Å². The van der Waals surface area contributed by atoms with E-state index in [1.54, 1.807) is 0 Å². The molecular formula is C24H21N. The van der Waals surface area contributed by atoms with Crippen LogP contribution in [0, 0.1) is 0 Å². The SMILES string of the molecule is C1=CCCC(c2cccc3c2[nH]c2ccc(C4=CCCC=C4)cc23)=C1. The van der Waals surface area contributed by atoms with E-state index in [9.17, 15) is 0 Å². The van der Waals surface area contributed by atoms with Gasteiger partial charge in [-0.25, -0.2) is 0 Å². The van der Waals surface area contributed by atoms with Crippen LogP contribution in [-0.2, 0) is 0 Å². The third-order valence-corrected chi connectivity index (χ3v) is 5.32. The molecule has 3 aromatic rings. The Bertz CT molecular complexity index is 1090. The Hall–Kier alpha value is -2.80. The Labute approximate surface area is 148 Å². The van der Waals surface area contributed by atoms with Gasteiger partial charge in [-0.1, -0.05) is 60.7 Å². The molecule has 2 aliphatic carbocycles. The maximum Gasteiger partial charge on any atom is 0.0541 e. The molecule has 0 aliphatic heterocycles. The Morgan fingerprint density at radius 2 is 1.88 bits per heavy atom. The first-order chi connectivity index (χ1) is 12.4. The average Bonchev–Trinajstić information content (AvgIpc) is 3.07. The molecule has 5 rings (SSSR count). The lowest BCUT2D eigenvalue weighted by Crippen LogP contribution is -1.89. The van der Waals surface area contributed by atoms with Crippen molar-refractivity contribution in [1.29, 1.82) is 0 Å². The van der Waals surface area contributed by atoms with E-state index < -0.39 is 0 Å². The highest BCUT2D eigenvalue weighted by Crippen LogP contribution is 2.35. The second-order valence-electron chi connectivity index (χ2n) is 6.91. The molecule has 0 fully saturated rings. The molecule has 1 N–H and O–H groups in total. The lowest BCUT2D eigenvalue weighted by molar-refractivity contribution is 1.04. The number of para-hydroxylation sites is 1. The molecule has 1 nitrogen and oxygen atoms in total. The number of nitrogens with one attached hydrogen (secondary N) is 1. The van der Waals surface area contributed by atoms with Gasteiger partial charge in [0.2, 0.25) is 0 Å². The molecule has 2 aliphatic rings. The first kappa shape index (κ1) is 14.5. The summed E-state index contributed by atoms with van der Waals surface area (Å²) in [4.78, 5) is 3.67. The monoisotopic (exact) mass is 323 g/mol. The van der Waals surface area contributed by atoms with Crippen LogP contribution < -0.4 is 0 Å². The average molecular weight is 323 g/mol. The molecule has 25 heavy (non-hydrogen) atoms. The minimum absolute atomic E-state index is 1.12. The fourth-order valence-electron chi connectivity index (χ4n) is 4.02. The fraction of sp³-hybridized carbons (Fsp3) is 0.167. The second-order valence-corrected chi connectivity index (χ2v) is 6.91. The van der Waals surface area contributed by atoms with Gasteiger partial charge >= 0.3 is 0 Å². The van der Waals surface area contributed by atoms with Crippen molar-refractivity contribution in [3.05, 3.63) is 84.0 Å². The molecule has 2 aromatic carbocycles. The van der Waals surface area contributed by atoms with E-state index in [1.165, 1.54) is 44.1 Å². The molecule has 0 saturated heterocycles. The highest BCUT2D eigenvalue weighted by atomic mass is 14.7. The number of hydrogen-bond donors (Lipinski definition) is 1. The zero-order chi connectivity index (χ0) is 16.6. The highest BCUT2D eigenvalue weighted by Gasteiger charge is 2.13. The predicted molar refractivity (Wildman–Crippen MR) is 109 cm³/mol. The quantitative estimate of drug-likeness (QED) is 0.534. The number of aromatic nitrogens is 1. The van der Waals surface area contributed by atoms with Crippen molar-refractivity contribution < 1.29 is 0 Å². The molecule has 0 radical (unpaired) electrons. The number of hydrogen-bond acceptors (Lipinski definition) is 0. The summed E-state index contributed by atoms with van der Waals surface area (Å²) in [5.74, 6) is 0. The van der Waals surface area contributed by atoms with Gasteiger partial charge in [0.1, 0.15) is 0 Å². The Balaban J connectivity index is 1.71. The molecule has 1 heteroatoms. The fourth-order valence-corrected chi connectivity index (χ4v) is 4.02. The van der Waals surface area contributed by atoms with Crippen LogP contribution in [0.4, 0.5) is 0 Å². The Morgan fingerprint density at radius 3 is 2.72 bits per heavy atom. The molecule has 0 bridgehead atoms. The highest BCUT2D eigenvalue weighted by molar-refractivity contribution is 6.11. The van der Waals surface area contributed by atoms with E-state index in [4.69, 9.17) is 0 Å². The molecular weight excluding hydrogens is 302 g/mol. The maximum absolute atomic E-state index is 3.67. The minimum atomic E-state index is 1.12.